The average molecular weight is 2130 g/mol. The van der Waals surface area contributed by atoms with Crippen molar-refractivity contribution < 1.29 is 169 Å². The fraction of sp³-hybridized carbons (Fsp3) is 0.583. The normalized spacial score (nSPS) is 44.2. The summed E-state index contributed by atoms with van der Waals surface area (Å²) in [5, 5.41) is 167. The highest BCUT2D eigenvalue weighted by Gasteiger charge is 2.51. The monoisotopic (exact) mass is 2130 g/mol. The highest BCUT2D eigenvalue weighted by atomic mass is 32.2. The van der Waals surface area contributed by atoms with E-state index in [1.54, 1.807) is 6.92 Å². The Hall–Kier alpha value is -9.52. The molecule has 0 bridgehead atoms. The van der Waals surface area contributed by atoms with Crippen LogP contribution >= 0.6 is 47.0 Å². The van der Waals surface area contributed by atoms with E-state index in [1.165, 1.54) is 27.7 Å². The smallest absolute Gasteiger partial charge is 0.191 e. The highest BCUT2D eigenvalue weighted by molar-refractivity contribution is 7.99. The molecule has 20 rings (SSSR count). The molecule has 8 fully saturated rings. The number of ether oxygens (including phenoxy) is 4. The molecule has 0 saturated heterocycles. The first-order valence-corrected chi connectivity index (χ1v) is 47.4. The summed E-state index contributed by atoms with van der Waals surface area (Å²) in [6.45, 7) is -7.09. The van der Waals surface area contributed by atoms with E-state index >= 15 is 0 Å². The molecule has 776 valence electrons. The first-order valence-electron chi connectivity index (χ1n) is 69.5. The number of aromatic nitrogens is 20. The lowest BCUT2D eigenvalue weighted by molar-refractivity contribution is -0.0629. The second-order valence-corrected chi connectivity index (χ2v) is 35.5. The van der Waals surface area contributed by atoms with Crippen LogP contribution in [-0.4, -0.2) is 334 Å². The van der Waals surface area contributed by atoms with Crippen molar-refractivity contribution in [3.05, 3.63) is 140 Å². The van der Waals surface area contributed by atoms with Gasteiger partial charge in [-0.25, -0.2) is 76.2 Å². The molecular formula is C96H124F4N24O16S4. The Morgan fingerprint density at radius 3 is 0.854 bits per heavy atom. The minimum absolute atomic E-state index is 0.0502. The van der Waals surface area contributed by atoms with Crippen molar-refractivity contribution in [2.24, 2.45) is 0 Å². The summed E-state index contributed by atoms with van der Waals surface area (Å²) in [6, 6.07) is -27.6. The number of anilines is 4. The summed E-state index contributed by atoms with van der Waals surface area (Å²) >= 11 is 4.09. The molecule has 24 atom stereocenters. The van der Waals surface area contributed by atoms with Gasteiger partial charge in [0.15, 0.2) is 88.6 Å². The van der Waals surface area contributed by atoms with Crippen LogP contribution in [0.15, 0.2) is 93.1 Å². The summed E-state index contributed by atoms with van der Waals surface area (Å²) in [7, 11) is 0. The molecule has 0 unspecified atom stereocenters. The number of aliphatic hydroxyl groups is 12. The SMILES string of the molecule is [2H]c1c([2H])c([C@H]2[C@H](Nc3nc(SCCC)nc4c3nnn4[C@]3([2H])C([2H])([2H])[C@]([2H])(OC([2H])([2H])C([2H])([2H])O)[C@@]([2H])(O)[C@@]3([2H])O)C2([2H])[2H])c([2H])c(F)c1C.[2H]c1c([2H])c([C@H]2[C@H](Nc3nc(SCCC)nc4c3nnn4[C@]3([2H])C([2H])([2H])[C@]([2H])(OC([2H])([2H])CO)[C@@]([2H])(O)[C@@]3([2H])O)C2([2H])[2H])c([2H])c(F)c1C.[2H]c1c([2H])c([C@H]2[C@H](Nc3nc(SCCC)nc4c3nnn4[C@]3([2H])C([2H])([2H])[C@]([2H])(OCC([2H])([2H])O)[C@@]([2H])(O)[C@@]3([2H])O)C2([2H])[2H])c([2H])c(F)c1C.[2H]c1c([2H])c([C@H]2[C@H](Nc3nc(SCCC)nc4c3nnn4[C@]3([2H])C([2H])([2H])[C@]([2H])(OCCO)[C@@]([2H])(O)[C@@]3([2H])O)C2([2H])[2H])c([2H])c(F)c1C. The lowest BCUT2D eigenvalue weighted by Crippen LogP contribution is -2.33. The van der Waals surface area contributed by atoms with E-state index in [0.29, 0.717) is 53.4 Å². The molecule has 0 aliphatic heterocycles. The molecule has 144 heavy (non-hydrogen) atoms. The standard InChI is InChI=1S/4C24H31FN6O4S/c4*1-3-8-36-24-27-22(26-16-10-14(16)13-5-4-12(2)15(25)9-13)19-23(28-24)31(30-29-19)17-11-18(35-7-6-32)21(34)20(17)33/h4*4-5,9,14,16-18,20-21,32-34H,3,6-8,10-11H2,1-2H3,(H,26,27,28)/t4*14-,16+,17+,18-,20-,21+/m0000/s1/i4D,5D,6D2,7D2,9D,10D2,11D2,17D,18D,20D,21D;4D,5D,7D2,9D,10D2,11D2,17D,18D,20D,21D;4D,5D,6D2,9D,10D2,11D2,17D,18D,20D,21D;4D,5D,9D,10D2,11D2,17D,18D,20D,21D. The van der Waals surface area contributed by atoms with Crippen LogP contribution in [0.25, 0.3) is 44.7 Å². The van der Waals surface area contributed by atoms with E-state index in [-0.39, 0.29) is 102 Å². The van der Waals surface area contributed by atoms with Gasteiger partial charge in [0, 0.05) is 118 Å². The molecular weight excluding hydrogens is 1950 g/mol. The van der Waals surface area contributed by atoms with Gasteiger partial charge in [-0.1, -0.05) is 144 Å². The summed E-state index contributed by atoms with van der Waals surface area (Å²) in [5.74, 6) is -9.38. The molecule has 0 amide bonds. The Bertz CT molecular complexity index is 9300. The van der Waals surface area contributed by atoms with E-state index in [4.69, 9.17) is 85.5 Å². The first kappa shape index (κ1) is 58.4. The lowest BCUT2D eigenvalue weighted by atomic mass is 10.1. The topological polar surface area (TPSA) is 554 Å². The Balaban J connectivity index is 0.000000170. The van der Waals surface area contributed by atoms with Gasteiger partial charge < -0.3 is 101 Å². The first-order chi connectivity index (χ1) is 89.2. The third kappa shape index (κ3) is 23.8. The van der Waals surface area contributed by atoms with Crippen molar-refractivity contribution in [1.29, 1.82) is 0 Å². The summed E-state index contributed by atoms with van der Waals surface area (Å²) in [5.41, 5.74) is -6.67. The van der Waals surface area contributed by atoms with Crippen LogP contribution in [0.2, 0.25) is 0 Å². The van der Waals surface area contributed by atoms with Gasteiger partial charge >= 0.3 is 0 Å². The predicted octanol–water partition coefficient (Wildman–Crippen LogP) is 8.73. The number of fused-ring (bicyclic) bond motifs is 4. The van der Waals surface area contributed by atoms with Crippen molar-refractivity contribution in [2.45, 2.75) is 298 Å². The van der Waals surface area contributed by atoms with E-state index in [1.807, 2.05) is 20.8 Å². The Kier molecular flexibility index (Phi) is 19.2. The van der Waals surface area contributed by atoms with E-state index in [0.717, 1.165) is 47.0 Å². The molecule has 12 aromatic rings. The second-order valence-electron chi connectivity index (χ2n) is 31.2. The zero-order valence-corrected chi connectivity index (χ0v) is 79.5. The number of hydrogen-bond acceptors (Lipinski definition) is 40. The third-order valence-electron chi connectivity index (χ3n) is 20.9. The maximum atomic E-state index is 14.8. The largest absolute Gasteiger partial charge is 0.394 e. The second kappa shape index (κ2) is 47.3. The number of benzene rings is 4. The predicted molar refractivity (Wildman–Crippen MR) is 530 cm³/mol. The molecule has 40 nitrogen and oxygen atoms in total. The van der Waals surface area contributed by atoms with Crippen LogP contribution in [0.1, 0.15) is 268 Å². The molecule has 8 aromatic heterocycles. The lowest BCUT2D eigenvalue weighted by Gasteiger charge is -2.17. The molecule has 4 aromatic carbocycles. The number of halogens is 4. The van der Waals surface area contributed by atoms with Gasteiger partial charge in [-0.15, -0.1) is 20.4 Å². The van der Waals surface area contributed by atoms with Gasteiger partial charge in [0.25, 0.3) is 0 Å². The van der Waals surface area contributed by atoms with Gasteiger partial charge in [0.1, 0.15) is 71.9 Å². The van der Waals surface area contributed by atoms with Crippen molar-refractivity contribution in [3.8, 4) is 0 Å². The molecule has 8 aliphatic carbocycles. The highest BCUT2D eigenvalue weighted by Crippen LogP contribution is 2.50. The van der Waals surface area contributed by atoms with E-state index < -0.39 is 389 Å². The number of rotatable bonds is 40. The zero-order chi connectivity index (χ0) is 148. The Morgan fingerprint density at radius 2 is 0.611 bits per heavy atom. The van der Waals surface area contributed by atoms with Crippen LogP contribution < -0.4 is 21.3 Å². The van der Waals surface area contributed by atoms with Gasteiger partial charge in [-0.05, 0) is 148 Å². The number of aliphatic hydroxyl groups excluding tert-OH is 2. The molecule has 8 aliphatic rings. The summed E-state index contributed by atoms with van der Waals surface area (Å²) in [6.07, 6.45) is -70.4. The Morgan fingerprint density at radius 1 is 0.354 bits per heavy atom. The summed E-state index contributed by atoms with van der Waals surface area (Å²) in [4.78, 5) is 34.2. The molecule has 48 heteroatoms. The molecule has 0 spiro atoms. The molecule has 8 saturated carbocycles. The number of hydrogen-bond donors (Lipinski definition) is 16. The van der Waals surface area contributed by atoms with Gasteiger partial charge in [-0.3, -0.25) is 0 Å². The van der Waals surface area contributed by atoms with Crippen LogP contribution in [0.5, 0.6) is 0 Å². The Labute approximate surface area is 916 Å². The summed E-state index contributed by atoms with van der Waals surface area (Å²) < 4.78 is 513. The fourth-order valence-corrected chi connectivity index (χ4v) is 16.3. The average Bonchev–Trinajstić information content (AvgIpc) is 1.49. The van der Waals surface area contributed by atoms with Crippen molar-refractivity contribution in [3.63, 3.8) is 0 Å². The van der Waals surface area contributed by atoms with E-state index in [2.05, 4.69) is 107 Å². The maximum absolute atomic E-state index is 14.8. The van der Waals surface area contributed by atoms with Crippen molar-refractivity contribution in [2.75, 3.05) is 96.9 Å². The van der Waals surface area contributed by atoms with Crippen LogP contribution in [0, 0.1) is 51.0 Å². The minimum Gasteiger partial charge on any atom is -0.394 e. The molecule has 8 heterocycles. The number of thioether (sulfide) groups is 4. The van der Waals surface area contributed by atoms with Crippen molar-refractivity contribution in [1.82, 2.24) is 99.8 Å². The van der Waals surface area contributed by atoms with Crippen LogP contribution in [0.4, 0.5) is 40.8 Å². The van der Waals surface area contributed by atoms with Gasteiger partial charge in [0.2, 0.25) is 0 Å². The quantitative estimate of drug-likeness (QED) is 0.00969. The van der Waals surface area contributed by atoms with E-state index in [9.17, 15) is 78.8 Å². The maximum Gasteiger partial charge on any atom is 0.191 e. The molecule has 16 N–H and O–H groups in total. The van der Waals surface area contributed by atoms with Crippen LogP contribution in [0.3, 0.4) is 0 Å². The fourth-order valence-electron chi connectivity index (χ4n) is 13.5. The minimum atomic E-state index is -4.34. The van der Waals surface area contributed by atoms with Crippen molar-refractivity contribution >= 4 is 115 Å². The zero-order valence-electron chi connectivity index (χ0n) is 128. The number of nitrogens with zero attached hydrogens (tertiary/aromatic N) is 20. The van der Waals surface area contributed by atoms with Crippen LogP contribution in [-0.2, 0) is 18.9 Å². The molecule has 0 radical (unpaired) electrons. The van der Waals surface area contributed by atoms with Gasteiger partial charge in [0.05, 0.1) is 150 Å². The third-order valence-corrected chi connectivity index (χ3v) is 25.1. The van der Waals surface area contributed by atoms with Gasteiger partial charge in [-0.2, -0.15) is 0 Å². The number of nitrogens with one attached hydrogen (secondary N) is 4.